The summed E-state index contributed by atoms with van der Waals surface area (Å²) in [5, 5.41) is 2.90. The third-order valence-electron chi connectivity index (χ3n) is 3.60. The first kappa shape index (κ1) is 13.8. The van der Waals surface area contributed by atoms with E-state index < -0.39 is 0 Å². The summed E-state index contributed by atoms with van der Waals surface area (Å²) in [6, 6.07) is 3.95. The van der Waals surface area contributed by atoms with Crippen LogP contribution in [0.4, 0.5) is 5.82 Å². The van der Waals surface area contributed by atoms with Crippen molar-refractivity contribution >= 4 is 11.7 Å². The van der Waals surface area contributed by atoms with Gasteiger partial charge in [-0.15, -0.1) is 0 Å². The van der Waals surface area contributed by atoms with Crippen molar-refractivity contribution in [1.29, 1.82) is 0 Å². The van der Waals surface area contributed by atoms with Crippen LogP contribution in [0.3, 0.4) is 0 Å². The summed E-state index contributed by atoms with van der Waals surface area (Å²) in [5.74, 6) is 1.26. The molecule has 1 aromatic rings. The molecule has 0 aromatic carbocycles. The van der Waals surface area contributed by atoms with Crippen LogP contribution in [0.2, 0.25) is 0 Å². The monoisotopic (exact) mass is 262 g/mol. The number of amides is 1. The molecule has 0 saturated carbocycles. The molecule has 1 aliphatic rings. The van der Waals surface area contributed by atoms with Gasteiger partial charge in [-0.1, -0.05) is 0 Å². The van der Waals surface area contributed by atoms with Gasteiger partial charge >= 0.3 is 0 Å². The fourth-order valence-electron chi connectivity index (χ4n) is 2.49. The Morgan fingerprint density at radius 1 is 1.53 bits per heavy atom. The lowest BCUT2D eigenvalue weighted by atomic mass is 9.96. The molecule has 2 heterocycles. The van der Waals surface area contributed by atoms with Crippen molar-refractivity contribution < 1.29 is 4.79 Å². The molecule has 1 saturated heterocycles. The summed E-state index contributed by atoms with van der Waals surface area (Å²) in [4.78, 5) is 17.3. The molecular formula is C14H22N4O. The number of nitrogen functional groups attached to an aromatic ring is 1. The Morgan fingerprint density at radius 2 is 2.26 bits per heavy atom. The van der Waals surface area contributed by atoms with Gasteiger partial charge in [0.05, 0.1) is 0 Å². The number of nitrogens with two attached hydrogens (primary N) is 1. The first-order valence-electron chi connectivity index (χ1n) is 6.80. The number of anilines is 1. The van der Waals surface area contributed by atoms with Gasteiger partial charge in [0.25, 0.3) is 0 Å². The number of carbonyl (C=O) groups is 1. The van der Waals surface area contributed by atoms with Crippen LogP contribution in [-0.2, 0) is 11.3 Å². The van der Waals surface area contributed by atoms with Crippen molar-refractivity contribution in [3.05, 3.63) is 23.9 Å². The Bertz CT molecular complexity index is 427. The average Bonchev–Trinajstić information content (AvgIpc) is 2.38. The van der Waals surface area contributed by atoms with Gasteiger partial charge < -0.3 is 11.1 Å². The number of likely N-dealkylation sites (tertiary alicyclic amines) is 1. The van der Waals surface area contributed by atoms with Crippen molar-refractivity contribution in [3.63, 3.8) is 0 Å². The number of hydrogen-bond acceptors (Lipinski definition) is 4. The zero-order valence-electron chi connectivity index (χ0n) is 11.4. The van der Waals surface area contributed by atoms with Crippen LogP contribution in [0.1, 0.15) is 25.3 Å². The van der Waals surface area contributed by atoms with Gasteiger partial charge in [0.15, 0.2) is 0 Å². The topological polar surface area (TPSA) is 71.2 Å². The molecule has 3 N–H and O–H groups in total. The highest BCUT2D eigenvalue weighted by Gasteiger charge is 2.19. The summed E-state index contributed by atoms with van der Waals surface area (Å²) >= 11 is 0. The molecular weight excluding hydrogens is 240 g/mol. The summed E-state index contributed by atoms with van der Waals surface area (Å²) in [5.41, 5.74) is 6.90. The smallest absolute Gasteiger partial charge is 0.216 e. The number of aromatic nitrogens is 1. The van der Waals surface area contributed by atoms with Crippen LogP contribution in [0.25, 0.3) is 0 Å². The van der Waals surface area contributed by atoms with E-state index >= 15 is 0 Å². The molecule has 0 radical (unpaired) electrons. The minimum absolute atomic E-state index is 0.0645. The fourth-order valence-corrected chi connectivity index (χ4v) is 2.49. The molecule has 0 unspecified atom stereocenters. The lowest BCUT2D eigenvalue weighted by molar-refractivity contribution is -0.119. The number of rotatable bonds is 4. The number of hydrogen-bond donors (Lipinski definition) is 2. The van der Waals surface area contributed by atoms with E-state index in [0.29, 0.717) is 11.7 Å². The molecule has 5 heteroatoms. The standard InChI is InChI=1S/C14H22N4O/c1-11(19)17-9-12-3-6-18(7-4-12)10-13-2-5-16-14(15)8-13/h2,5,8,12H,3-4,6-7,9-10H2,1H3,(H2,15,16)(H,17,19). The number of pyridine rings is 1. The first-order valence-corrected chi connectivity index (χ1v) is 6.80. The van der Waals surface area contributed by atoms with E-state index in [0.717, 1.165) is 39.0 Å². The Kier molecular flexibility index (Phi) is 4.74. The van der Waals surface area contributed by atoms with E-state index in [9.17, 15) is 4.79 Å². The predicted octanol–water partition coefficient (Wildman–Crippen LogP) is 1.01. The summed E-state index contributed by atoms with van der Waals surface area (Å²) < 4.78 is 0. The van der Waals surface area contributed by atoms with E-state index in [2.05, 4.69) is 15.2 Å². The molecule has 19 heavy (non-hydrogen) atoms. The number of nitrogens with one attached hydrogen (secondary N) is 1. The van der Waals surface area contributed by atoms with E-state index in [1.54, 1.807) is 13.1 Å². The highest BCUT2D eigenvalue weighted by Crippen LogP contribution is 2.18. The quantitative estimate of drug-likeness (QED) is 0.849. The Morgan fingerprint density at radius 3 is 2.89 bits per heavy atom. The van der Waals surface area contributed by atoms with Crippen LogP contribution < -0.4 is 11.1 Å². The lowest BCUT2D eigenvalue weighted by Crippen LogP contribution is -2.37. The van der Waals surface area contributed by atoms with Crippen LogP contribution in [0, 0.1) is 5.92 Å². The minimum atomic E-state index is 0.0645. The van der Waals surface area contributed by atoms with E-state index in [4.69, 9.17) is 5.73 Å². The van der Waals surface area contributed by atoms with Crippen LogP contribution in [-0.4, -0.2) is 35.4 Å². The average molecular weight is 262 g/mol. The second-order valence-electron chi connectivity index (χ2n) is 5.25. The SMILES string of the molecule is CC(=O)NCC1CCN(Cc2ccnc(N)c2)CC1. The van der Waals surface area contributed by atoms with Gasteiger partial charge in [-0.2, -0.15) is 0 Å². The van der Waals surface area contributed by atoms with Gasteiger partial charge in [0.2, 0.25) is 5.91 Å². The van der Waals surface area contributed by atoms with Crippen molar-refractivity contribution in [1.82, 2.24) is 15.2 Å². The molecule has 2 rings (SSSR count). The normalized spacial score (nSPS) is 17.3. The maximum absolute atomic E-state index is 10.9. The molecule has 0 spiro atoms. The van der Waals surface area contributed by atoms with E-state index in [-0.39, 0.29) is 5.91 Å². The predicted molar refractivity (Wildman–Crippen MR) is 75.3 cm³/mol. The Balaban J connectivity index is 1.75. The van der Waals surface area contributed by atoms with Crippen molar-refractivity contribution in [3.8, 4) is 0 Å². The van der Waals surface area contributed by atoms with Crippen LogP contribution >= 0.6 is 0 Å². The number of carbonyl (C=O) groups excluding carboxylic acids is 1. The largest absolute Gasteiger partial charge is 0.384 e. The maximum atomic E-state index is 10.9. The molecule has 1 fully saturated rings. The molecule has 1 amide bonds. The van der Waals surface area contributed by atoms with Gasteiger partial charge in [-0.3, -0.25) is 9.69 Å². The van der Waals surface area contributed by atoms with Gasteiger partial charge in [0, 0.05) is 26.2 Å². The molecule has 1 aliphatic heterocycles. The van der Waals surface area contributed by atoms with E-state index in [1.165, 1.54) is 5.56 Å². The van der Waals surface area contributed by atoms with Gasteiger partial charge in [-0.25, -0.2) is 4.98 Å². The summed E-state index contributed by atoms with van der Waals surface area (Å²) in [6.45, 7) is 5.47. The van der Waals surface area contributed by atoms with Crippen LogP contribution in [0.15, 0.2) is 18.3 Å². The number of piperidine rings is 1. The first-order chi connectivity index (χ1) is 9.13. The molecule has 104 valence electrons. The zero-order chi connectivity index (χ0) is 13.7. The third kappa shape index (κ3) is 4.52. The summed E-state index contributed by atoms with van der Waals surface area (Å²) in [7, 11) is 0. The Hall–Kier alpha value is -1.62. The molecule has 5 nitrogen and oxygen atoms in total. The zero-order valence-corrected chi connectivity index (χ0v) is 11.4. The molecule has 0 bridgehead atoms. The fraction of sp³-hybridized carbons (Fsp3) is 0.571. The van der Waals surface area contributed by atoms with Crippen molar-refractivity contribution in [2.75, 3.05) is 25.4 Å². The minimum Gasteiger partial charge on any atom is -0.384 e. The van der Waals surface area contributed by atoms with Gasteiger partial charge in [-0.05, 0) is 49.5 Å². The Labute approximate surface area is 114 Å². The highest BCUT2D eigenvalue weighted by atomic mass is 16.1. The molecule has 0 aliphatic carbocycles. The second kappa shape index (κ2) is 6.52. The van der Waals surface area contributed by atoms with Gasteiger partial charge in [0.1, 0.15) is 5.82 Å². The van der Waals surface area contributed by atoms with Crippen molar-refractivity contribution in [2.45, 2.75) is 26.3 Å². The van der Waals surface area contributed by atoms with Crippen LogP contribution in [0.5, 0.6) is 0 Å². The molecule has 0 atom stereocenters. The van der Waals surface area contributed by atoms with E-state index in [1.807, 2.05) is 12.1 Å². The lowest BCUT2D eigenvalue weighted by Gasteiger charge is -2.32. The highest BCUT2D eigenvalue weighted by molar-refractivity contribution is 5.72. The summed E-state index contributed by atoms with van der Waals surface area (Å²) in [6.07, 6.45) is 4.04. The maximum Gasteiger partial charge on any atom is 0.216 e. The number of nitrogens with zero attached hydrogens (tertiary/aromatic N) is 2. The second-order valence-corrected chi connectivity index (χ2v) is 5.25. The third-order valence-corrected chi connectivity index (χ3v) is 3.60. The van der Waals surface area contributed by atoms with Crippen molar-refractivity contribution in [2.24, 2.45) is 5.92 Å². The molecule has 1 aromatic heterocycles.